The standard InChI is InChI=1S/C17H19N5O2/c1-21-9-13(8-19-21)16(12-6-14(23)7-12)20-17(24)11-2-3-15-18-4-5-22(15)10-11/h2-5,8-10,12,14,16,23H,6-7H2,1H3,(H,20,24). The highest BCUT2D eigenvalue weighted by Gasteiger charge is 2.36. The van der Waals surface area contributed by atoms with Crippen molar-refractivity contribution >= 4 is 11.6 Å². The molecule has 0 spiro atoms. The highest BCUT2D eigenvalue weighted by atomic mass is 16.3. The number of aryl methyl sites for hydroxylation is 1. The summed E-state index contributed by atoms with van der Waals surface area (Å²) < 4.78 is 3.54. The Hall–Kier alpha value is -2.67. The van der Waals surface area contributed by atoms with Crippen molar-refractivity contribution in [1.29, 1.82) is 0 Å². The molecule has 1 saturated carbocycles. The van der Waals surface area contributed by atoms with Crippen molar-refractivity contribution in [2.75, 3.05) is 0 Å². The van der Waals surface area contributed by atoms with Gasteiger partial charge in [-0.25, -0.2) is 4.98 Å². The maximum absolute atomic E-state index is 12.7. The number of aliphatic hydroxyl groups is 1. The summed E-state index contributed by atoms with van der Waals surface area (Å²) in [5.74, 6) is 0.0889. The zero-order valence-corrected chi connectivity index (χ0v) is 13.3. The summed E-state index contributed by atoms with van der Waals surface area (Å²) >= 11 is 0. The molecule has 0 radical (unpaired) electrons. The van der Waals surface area contributed by atoms with E-state index in [2.05, 4.69) is 15.4 Å². The normalized spacial score (nSPS) is 21.4. The molecule has 1 amide bonds. The van der Waals surface area contributed by atoms with Crippen LogP contribution in [0.1, 0.15) is 34.8 Å². The van der Waals surface area contributed by atoms with Gasteiger partial charge in [0.2, 0.25) is 0 Å². The van der Waals surface area contributed by atoms with Crippen LogP contribution in [0.2, 0.25) is 0 Å². The van der Waals surface area contributed by atoms with Crippen molar-refractivity contribution in [2.45, 2.75) is 25.0 Å². The van der Waals surface area contributed by atoms with Crippen LogP contribution in [0.3, 0.4) is 0 Å². The summed E-state index contributed by atoms with van der Waals surface area (Å²) in [7, 11) is 1.85. The molecule has 3 heterocycles. The number of carbonyl (C=O) groups excluding carboxylic acids is 1. The zero-order chi connectivity index (χ0) is 16.7. The molecule has 7 heteroatoms. The molecule has 1 aliphatic carbocycles. The predicted molar refractivity (Wildman–Crippen MR) is 87.3 cm³/mol. The third kappa shape index (κ3) is 2.67. The van der Waals surface area contributed by atoms with Gasteiger partial charge in [-0.05, 0) is 30.9 Å². The van der Waals surface area contributed by atoms with Crippen LogP contribution in [0.15, 0.2) is 43.1 Å². The van der Waals surface area contributed by atoms with Gasteiger partial charge in [-0.3, -0.25) is 9.48 Å². The van der Waals surface area contributed by atoms with Crippen LogP contribution in [0.25, 0.3) is 5.65 Å². The SMILES string of the molecule is Cn1cc(C(NC(=O)c2ccc3nccn3c2)C2CC(O)C2)cn1. The summed E-state index contributed by atoms with van der Waals surface area (Å²) in [5, 5.41) is 16.9. The number of rotatable bonds is 4. The molecule has 124 valence electrons. The number of carbonyl (C=O) groups is 1. The van der Waals surface area contributed by atoms with E-state index < -0.39 is 0 Å². The first-order chi connectivity index (χ1) is 11.6. The Morgan fingerprint density at radius 3 is 2.92 bits per heavy atom. The molecule has 4 rings (SSSR count). The number of aromatic nitrogens is 4. The Kier molecular flexibility index (Phi) is 3.57. The molecule has 3 aromatic rings. The molecule has 24 heavy (non-hydrogen) atoms. The van der Waals surface area contributed by atoms with Gasteiger partial charge in [-0.1, -0.05) is 0 Å². The summed E-state index contributed by atoms with van der Waals surface area (Å²) in [5.41, 5.74) is 2.35. The van der Waals surface area contributed by atoms with E-state index in [1.807, 2.05) is 29.9 Å². The third-order valence-corrected chi connectivity index (χ3v) is 4.64. The minimum atomic E-state index is -0.270. The first-order valence-corrected chi connectivity index (χ1v) is 8.00. The van der Waals surface area contributed by atoms with E-state index in [1.54, 1.807) is 29.3 Å². The fraction of sp³-hybridized carbons (Fsp3) is 0.353. The lowest BCUT2D eigenvalue weighted by Gasteiger charge is -2.37. The van der Waals surface area contributed by atoms with Gasteiger partial charge in [-0.15, -0.1) is 0 Å². The average molecular weight is 325 g/mol. The van der Waals surface area contributed by atoms with Crippen LogP contribution in [0.5, 0.6) is 0 Å². The van der Waals surface area contributed by atoms with E-state index in [4.69, 9.17) is 0 Å². The summed E-state index contributed by atoms with van der Waals surface area (Å²) in [6.07, 6.45) is 10.1. The third-order valence-electron chi connectivity index (χ3n) is 4.64. The molecule has 1 fully saturated rings. The summed E-state index contributed by atoms with van der Waals surface area (Å²) in [4.78, 5) is 16.9. The minimum Gasteiger partial charge on any atom is -0.393 e. The number of fused-ring (bicyclic) bond motifs is 1. The highest BCUT2D eigenvalue weighted by Crippen LogP contribution is 2.38. The molecular formula is C17H19N5O2. The van der Waals surface area contributed by atoms with E-state index in [1.165, 1.54) is 0 Å². The van der Waals surface area contributed by atoms with Gasteiger partial charge < -0.3 is 14.8 Å². The fourth-order valence-corrected chi connectivity index (χ4v) is 3.26. The van der Waals surface area contributed by atoms with Crippen molar-refractivity contribution < 1.29 is 9.90 Å². The van der Waals surface area contributed by atoms with Crippen molar-refractivity contribution in [1.82, 2.24) is 24.5 Å². The Labute approximate surface area is 138 Å². The highest BCUT2D eigenvalue weighted by molar-refractivity contribution is 5.94. The lowest BCUT2D eigenvalue weighted by molar-refractivity contribution is 0.0235. The molecule has 0 aliphatic heterocycles. The van der Waals surface area contributed by atoms with Crippen molar-refractivity contribution in [3.05, 3.63) is 54.2 Å². The molecule has 7 nitrogen and oxygen atoms in total. The first kappa shape index (κ1) is 14.9. The number of nitrogens with one attached hydrogen (secondary N) is 1. The molecular weight excluding hydrogens is 306 g/mol. The Morgan fingerprint density at radius 2 is 2.21 bits per heavy atom. The molecule has 1 atom stereocenters. The number of hydrogen-bond donors (Lipinski definition) is 2. The van der Waals surface area contributed by atoms with Gasteiger partial charge in [0.05, 0.1) is 23.9 Å². The number of nitrogens with zero attached hydrogens (tertiary/aromatic N) is 4. The summed E-state index contributed by atoms with van der Waals surface area (Å²) in [6, 6.07) is 3.45. The van der Waals surface area contributed by atoms with Crippen LogP contribution in [0.4, 0.5) is 0 Å². The van der Waals surface area contributed by atoms with Gasteiger partial charge in [0.25, 0.3) is 5.91 Å². The fourth-order valence-electron chi connectivity index (χ4n) is 3.26. The van der Waals surface area contributed by atoms with Gasteiger partial charge in [0.15, 0.2) is 0 Å². The van der Waals surface area contributed by atoms with Gasteiger partial charge in [-0.2, -0.15) is 5.10 Å². The van der Waals surface area contributed by atoms with Crippen molar-refractivity contribution in [3.8, 4) is 0 Å². The maximum Gasteiger partial charge on any atom is 0.253 e. The lowest BCUT2D eigenvalue weighted by Crippen LogP contribution is -2.41. The van der Waals surface area contributed by atoms with Crippen LogP contribution < -0.4 is 5.32 Å². The average Bonchev–Trinajstić information content (AvgIpc) is 3.17. The molecule has 3 aromatic heterocycles. The van der Waals surface area contributed by atoms with Crippen LogP contribution in [0, 0.1) is 5.92 Å². The van der Waals surface area contributed by atoms with Crippen molar-refractivity contribution in [3.63, 3.8) is 0 Å². The van der Waals surface area contributed by atoms with Crippen LogP contribution >= 0.6 is 0 Å². The summed E-state index contributed by atoms with van der Waals surface area (Å²) in [6.45, 7) is 0. The molecule has 2 N–H and O–H groups in total. The Morgan fingerprint density at radius 1 is 1.38 bits per heavy atom. The van der Waals surface area contributed by atoms with Crippen LogP contribution in [-0.4, -0.2) is 36.3 Å². The molecule has 0 saturated heterocycles. The van der Waals surface area contributed by atoms with E-state index in [0.29, 0.717) is 18.4 Å². The largest absolute Gasteiger partial charge is 0.393 e. The van der Waals surface area contributed by atoms with Crippen LogP contribution in [-0.2, 0) is 7.05 Å². The van der Waals surface area contributed by atoms with Gasteiger partial charge in [0, 0.05) is 37.4 Å². The zero-order valence-electron chi connectivity index (χ0n) is 13.3. The quantitative estimate of drug-likeness (QED) is 0.757. The van der Waals surface area contributed by atoms with E-state index in [0.717, 1.165) is 11.2 Å². The number of amides is 1. The van der Waals surface area contributed by atoms with Gasteiger partial charge in [0.1, 0.15) is 5.65 Å². The van der Waals surface area contributed by atoms with E-state index in [-0.39, 0.29) is 24.0 Å². The van der Waals surface area contributed by atoms with Gasteiger partial charge >= 0.3 is 0 Å². The molecule has 0 bridgehead atoms. The smallest absolute Gasteiger partial charge is 0.253 e. The Bertz CT molecular complexity index is 878. The lowest BCUT2D eigenvalue weighted by atomic mass is 9.75. The number of aliphatic hydroxyl groups excluding tert-OH is 1. The predicted octanol–water partition coefficient (Wildman–Crippen LogP) is 1.31. The second-order valence-corrected chi connectivity index (χ2v) is 6.39. The number of pyridine rings is 1. The van der Waals surface area contributed by atoms with E-state index in [9.17, 15) is 9.90 Å². The van der Waals surface area contributed by atoms with Crippen molar-refractivity contribution in [2.24, 2.45) is 13.0 Å². The molecule has 0 aromatic carbocycles. The molecule has 1 unspecified atom stereocenters. The second-order valence-electron chi connectivity index (χ2n) is 6.39. The molecule has 1 aliphatic rings. The number of hydrogen-bond acceptors (Lipinski definition) is 4. The topological polar surface area (TPSA) is 84.5 Å². The van der Waals surface area contributed by atoms with E-state index >= 15 is 0 Å². The maximum atomic E-state index is 12.7. The monoisotopic (exact) mass is 325 g/mol. The number of imidazole rings is 1. The first-order valence-electron chi connectivity index (χ1n) is 8.00. The second kappa shape index (κ2) is 5.76. The minimum absolute atomic E-state index is 0.138. The Balaban J connectivity index is 1.58.